The fourth-order valence-electron chi connectivity index (χ4n) is 2.03. The van der Waals surface area contributed by atoms with Crippen LogP contribution in [0.1, 0.15) is 5.56 Å². The quantitative estimate of drug-likeness (QED) is 0.560. The number of H-pyrrole nitrogens is 2. The van der Waals surface area contributed by atoms with E-state index in [1.807, 2.05) is 6.07 Å². The molecule has 98 valence electrons. The number of nitriles is 1. The highest BCUT2D eigenvalue weighted by atomic mass is 16.3. The van der Waals surface area contributed by atoms with Crippen molar-refractivity contribution in [2.45, 2.75) is 0 Å². The van der Waals surface area contributed by atoms with Gasteiger partial charge in [-0.25, -0.2) is 0 Å². The predicted molar refractivity (Wildman–Crippen MR) is 72.4 cm³/mol. The van der Waals surface area contributed by atoms with Crippen LogP contribution in [0.5, 0.6) is 5.75 Å². The Morgan fingerprint density at radius 3 is 2.70 bits per heavy atom. The van der Waals surface area contributed by atoms with Gasteiger partial charge < -0.3 is 10.8 Å². The van der Waals surface area contributed by atoms with Crippen LogP contribution in [0.3, 0.4) is 0 Å². The molecule has 0 aliphatic rings. The summed E-state index contributed by atoms with van der Waals surface area (Å²) in [6.45, 7) is 0. The van der Waals surface area contributed by atoms with Gasteiger partial charge in [0.15, 0.2) is 5.82 Å². The Morgan fingerprint density at radius 2 is 1.95 bits per heavy atom. The molecule has 0 aliphatic heterocycles. The predicted octanol–water partition coefficient (Wildman–Crippen LogP) is 1.63. The Balaban J connectivity index is 2.22. The standard InChI is InChI=1S/C13H10N6O/c14-5-8-12(18-19-13(8)15)9-6-16-17-11(9)7-3-1-2-4-10(7)20/h1-4,6,20H,(H,16,17)(H3,15,18,19). The van der Waals surface area contributed by atoms with Crippen LogP contribution < -0.4 is 5.73 Å². The van der Waals surface area contributed by atoms with Crippen LogP contribution in [0.15, 0.2) is 30.5 Å². The minimum atomic E-state index is 0.115. The number of aromatic nitrogens is 4. The highest BCUT2D eigenvalue weighted by molar-refractivity contribution is 5.85. The number of aromatic hydroxyl groups is 1. The number of aromatic amines is 2. The second-order valence-electron chi connectivity index (χ2n) is 4.15. The summed E-state index contributed by atoms with van der Waals surface area (Å²) in [6.07, 6.45) is 1.55. The van der Waals surface area contributed by atoms with Gasteiger partial charge in [-0.3, -0.25) is 10.2 Å². The summed E-state index contributed by atoms with van der Waals surface area (Å²) in [4.78, 5) is 0. The molecule has 0 fully saturated rings. The van der Waals surface area contributed by atoms with Gasteiger partial charge in [-0.2, -0.15) is 15.5 Å². The highest BCUT2D eigenvalue weighted by Crippen LogP contribution is 2.36. The maximum absolute atomic E-state index is 9.92. The van der Waals surface area contributed by atoms with Gasteiger partial charge in [-0.1, -0.05) is 12.1 Å². The van der Waals surface area contributed by atoms with Gasteiger partial charge in [0.1, 0.15) is 17.4 Å². The summed E-state index contributed by atoms with van der Waals surface area (Å²) in [5, 5.41) is 32.4. The third-order valence-corrected chi connectivity index (χ3v) is 2.99. The van der Waals surface area contributed by atoms with E-state index in [9.17, 15) is 5.11 Å². The SMILES string of the molecule is N#Cc1c(N)n[nH]c1-c1cn[nH]c1-c1ccccc1O. The van der Waals surface area contributed by atoms with Crippen LogP contribution >= 0.6 is 0 Å². The molecule has 5 N–H and O–H groups in total. The lowest BCUT2D eigenvalue weighted by molar-refractivity contribution is 0.477. The Morgan fingerprint density at radius 1 is 1.15 bits per heavy atom. The van der Waals surface area contributed by atoms with Crippen LogP contribution in [-0.4, -0.2) is 25.5 Å². The molecule has 0 saturated carbocycles. The molecule has 7 heteroatoms. The molecule has 0 amide bonds. The first-order valence-electron chi connectivity index (χ1n) is 5.78. The van der Waals surface area contributed by atoms with Crippen molar-refractivity contribution in [2.24, 2.45) is 0 Å². The number of phenolic OH excluding ortho intramolecular Hbond substituents is 1. The van der Waals surface area contributed by atoms with E-state index in [0.717, 1.165) is 0 Å². The zero-order chi connectivity index (χ0) is 14.1. The van der Waals surface area contributed by atoms with Crippen molar-refractivity contribution in [1.82, 2.24) is 20.4 Å². The van der Waals surface area contributed by atoms with Crippen LogP contribution in [0.25, 0.3) is 22.5 Å². The fraction of sp³-hybridized carbons (Fsp3) is 0. The summed E-state index contributed by atoms with van der Waals surface area (Å²) in [6, 6.07) is 8.85. The number of benzene rings is 1. The summed E-state index contributed by atoms with van der Waals surface area (Å²) in [5.74, 6) is 0.246. The lowest BCUT2D eigenvalue weighted by Gasteiger charge is -2.04. The molecule has 2 aromatic heterocycles. The average molecular weight is 266 g/mol. The Bertz CT molecular complexity index is 810. The van der Waals surface area contributed by atoms with Gasteiger partial charge in [0, 0.05) is 11.1 Å². The third kappa shape index (κ3) is 1.67. The summed E-state index contributed by atoms with van der Waals surface area (Å²) < 4.78 is 0. The first kappa shape index (κ1) is 11.8. The summed E-state index contributed by atoms with van der Waals surface area (Å²) >= 11 is 0. The number of nitrogen functional groups attached to an aromatic ring is 1. The molecule has 0 saturated heterocycles. The lowest BCUT2D eigenvalue weighted by atomic mass is 10.0. The van der Waals surface area contributed by atoms with Crippen molar-refractivity contribution >= 4 is 5.82 Å². The van der Waals surface area contributed by atoms with Crippen molar-refractivity contribution in [1.29, 1.82) is 5.26 Å². The first-order valence-corrected chi connectivity index (χ1v) is 5.78. The van der Waals surface area contributed by atoms with Gasteiger partial charge in [0.25, 0.3) is 0 Å². The number of nitrogens with one attached hydrogen (secondary N) is 2. The fourth-order valence-corrected chi connectivity index (χ4v) is 2.03. The maximum Gasteiger partial charge on any atom is 0.163 e. The molecule has 0 spiro atoms. The van der Waals surface area contributed by atoms with E-state index >= 15 is 0 Å². The maximum atomic E-state index is 9.92. The van der Waals surface area contributed by atoms with Crippen LogP contribution in [0.2, 0.25) is 0 Å². The van der Waals surface area contributed by atoms with Crippen LogP contribution in [0.4, 0.5) is 5.82 Å². The zero-order valence-corrected chi connectivity index (χ0v) is 10.3. The third-order valence-electron chi connectivity index (χ3n) is 2.99. The molecule has 20 heavy (non-hydrogen) atoms. The normalized spacial score (nSPS) is 10.3. The van der Waals surface area contributed by atoms with E-state index in [2.05, 4.69) is 20.4 Å². The van der Waals surface area contributed by atoms with E-state index in [-0.39, 0.29) is 17.1 Å². The van der Waals surface area contributed by atoms with E-state index in [4.69, 9.17) is 11.0 Å². The largest absolute Gasteiger partial charge is 0.507 e. The molecule has 0 radical (unpaired) electrons. The number of nitrogens with zero attached hydrogens (tertiary/aromatic N) is 3. The number of rotatable bonds is 2. The lowest BCUT2D eigenvalue weighted by Crippen LogP contribution is -1.88. The number of para-hydroxylation sites is 1. The summed E-state index contributed by atoms with van der Waals surface area (Å²) in [7, 11) is 0. The number of nitrogens with two attached hydrogens (primary N) is 1. The van der Waals surface area contributed by atoms with Crippen molar-refractivity contribution in [3.63, 3.8) is 0 Å². The van der Waals surface area contributed by atoms with E-state index in [1.165, 1.54) is 0 Å². The topological polar surface area (TPSA) is 127 Å². The van der Waals surface area contributed by atoms with E-state index < -0.39 is 0 Å². The number of anilines is 1. The minimum absolute atomic E-state index is 0.115. The second-order valence-corrected chi connectivity index (χ2v) is 4.15. The molecule has 7 nitrogen and oxygen atoms in total. The smallest absolute Gasteiger partial charge is 0.163 e. The Kier molecular flexibility index (Phi) is 2.62. The number of hydrogen-bond acceptors (Lipinski definition) is 5. The van der Waals surface area contributed by atoms with E-state index in [1.54, 1.807) is 30.5 Å². The molecule has 3 rings (SSSR count). The van der Waals surface area contributed by atoms with E-state index in [0.29, 0.717) is 22.5 Å². The minimum Gasteiger partial charge on any atom is -0.507 e. The van der Waals surface area contributed by atoms with Crippen molar-refractivity contribution in [3.05, 3.63) is 36.0 Å². The van der Waals surface area contributed by atoms with Crippen LogP contribution in [0, 0.1) is 11.3 Å². The average Bonchev–Trinajstić information content (AvgIpc) is 3.05. The Hall–Kier alpha value is -3.27. The molecule has 0 bridgehead atoms. The molecule has 0 unspecified atom stereocenters. The number of phenols is 1. The highest BCUT2D eigenvalue weighted by Gasteiger charge is 2.19. The van der Waals surface area contributed by atoms with Crippen molar-refractivity contribution < 1.29 is 5.11 Å². The molecular formula is C13H10N6O. The summed E-state index contributed by atoms with van der Waals surface area (Å²) in [5.41, 5.74) is 8.14. The molecule has 2 heterocycles. The van der Waals surface area contributed by atoms with Gasteiger partial charge in [-0.15, -0.1) is 0 Å². The molecule has 1 aromatic carbocycles. The monoisotopic (exact) mass is 266 g/mol. The zero-order valence-electron chi connectivity index (χ0n) is 10.3. The van der Waals surface area contributed by atoms with Crippen molar-refractivity contribution in [3.8, 4) is 34.3 Å². The van der Waals surface area contributed by atoms with Gasteiger partial charge >= 0.3 is 0 Å². The molecule has 3 aromatic rings. The first-order chi connectivity index (χ1) is 9.72. The second kappa shape index (κ2) is 4.44. The van der Waals surface area contributed by atoms with Gasteiger partial charge in [0.05, 0.1) is 17.6 Å². The van der Waals surface area contributed by atoms with Gasteiger partial charge in [-0.05, 0) is 12.1 Å². The molecule has 0 aliphatic carbocycles. The van der Waals surface area contributed by atoms with Gasteiger partial charge in [0.2, 0.25) is 0 Å². The van der Waals surface area contributed by atoms with Crippen LogP contribution in [-0.2, 0) is 0 Å². The molecular weight excluding hydrogens is 256 g/mol. The van der Waals surface area contributed by atoms with Crippen molar-refractivity contribution in [2.75, 3.05) is 5.73 Å². The Labute approximate surface area is 113 Å². The molecule has 0 atom stereocenters. The number of hydrogen-bond donors (Lipinski definition) is 4.